The fourth-order valence-corrected chi connectivity index (χ4v) is 2.50. The third-order valence-corrected chi connectivity index (χ3v) is 3.91. The Morgan fingerprint density at radius 3 is 2.40 bits per heavy atom. The second-order valence-electron chi connectivity index (χ2n) is 6.14. The van der Waals surface area contributed by atoms with Gasteiger partial charge in [0.05, 0.1) is 0 Å². The monoisotopic (exact) mass is 339 g/mol. The van der Waals surface area contributed by atoms with Crippen LogP contribution in [0.1, 0.15) is 58.3 Å². The first kappa shape index (κ1) is 18.6. The standard InChI is InChI=1S/C20H25N3O2/c1-4-5-6-12-21-19(24)17-8-7-9-18(22-17)20(25)23-16-11-10-14(2)13-15(16)3/h7-11,13H,4-6,12H2,1-3H3,(H,21,24)(H,23,25). The molecule has 0 spiro atoms. The van der Waals surface area contributed by atoms with Crippen molar-refractivity contribution >= 4 is 17.5 Å². The predicted molar refractivity (Wildman–Crippen MR) is 100.0 cm³/mol. The van der Waals surface area contributed by atoms with E-state index in [-0.39, 0.29) is 23.2 Å². The van der Waals surface area contributed by atoms with E-state index in [0.29, 0.717) is 6.54 Å². The second-order valence-corrected chi connectivity index (χ2v) is 6.14. The van der Waals surface area contributed by atoms with Crippen LogP contribution in [0.4, 0.5) is 5.69 Å². The van der Waals surface area contributed by atoms with Crippen LogP contribution in [0.25, 0.3) is 0 Å². The molecular weight excluding hydrogens is 314 g/mol. The minimum atomic E-state index is -0.326. The summed E-state index contributed by atoms with van der Waals surface area (Å²) in [4.78, 5) is 28.7. The number of pyridine rings is 1. The van der Waals surface area contributed by atoms with Crippen LogP contribution in [0, 0.1) is 13.8 Å². The molecule has 5 nitrogen and oxygen atoms in total. The maximum absolute atomic E-state index is 12.4. The fourth-order valence-electron chi connectivity index (χ4n) is 2.50. The van der Waals surface area contributed by atoms with Gasteiger partial charge in [-0.2, -0.15) is 0 Å². The molecule has 2 rings (SSSR count). The van der Waals surface area contributed by atoms with Crippen LogP contribution in [0.2, 0.25) is 0 Å². The van der Waals surface area contributed by atoms with Crippen LogP contribution in [0.15, 0.2) is 36.4 Å². The van der Waals surface area contributed by atoms with Gasteiger partial charge >= 0.3 is 0 Å². The molecule has 25 heavy (non-hydrogen) atoms. The predicted octanol–water partition coefficient (Wildman–Crippen LogP) is 3.87. The summed E-state index contributed by atoms with van der Waals surface area (Å²) in [6.07, 6.45) is 3.11. The van der Waals surface area contributed by atoms with Gasteiger partial charge < -0.3 is 10.6 Å². The second kappa shape index (κ2) is 8.97. The van der Waals surface area contributed by atoms with Crippen LogP contribution < -0.4 is 10.6 Å². The zero-order valence-corrected chi connectivity index (χ0v) is 15.1. The van der Waals surface area contributed by atoms with E-state index < -0.39 is 0 Å². The number of carbonyl (C=O) groups excluding carboxylic acids is 2. The van der Waals surface area contributed by atoms with Gasteiger partial charge in [0, 0.05) is 12.2 Å². The van der Waals surface area contributed by atoms with Crippen LogP contribution in [-0.4, -0.2) is 23.3 Å². The summed E-state index contributed by atoms with van der Waals surface area (Å²) in [5.74, 6) is -0.579. The Bertz CT molecular complexity index is 756. The zero-order chi connectivity index (χ0) is 18.2. The molecule has 0 aliphatic carbocycles. The number of aromatic nitrogens is 1. The Morgan fingerprint density at radius 2 is 1.72 bits per heavy atom. The molecule has 2 amide bonds. The van der Waals surface area contributed by atoms with Crippen LogP contribution in [0.5, 0.6) is 0 Å². The number of nitrogens with one attached hydrogen (secondary N) is 2. The highest BCUT2D eigenvalue weighted by Crippen LogP contribution is 2.16. The molecule has 132 valence electrons. The number of nitrogens with zero attached hydrogens (tertiary/aromatic N) is 1. The van der Waals surface area contributed by atoms with Crippen LogP contribution in [0.3, 0.4) is 0 Å². The third-order valence-electron chi connectivity index (χ3n) is 3.91. The molecule has 0 bridgehead atoms. The van der Waals surface area contributed by atoms with E-state index in [1.54, 1.807) is 18.2 Å². The van der Waals surface area contributed by atoms with Gasteiger partial charge in [-0.3, -0.25) is 9.59 Å². The number of benzene rings is 1. The summed E-state index contributed by atoms with van der Waals surface area (Å²) in [6.45, 7) is 6.67. The maximum Gasteiger partial charge on any atom is 0.274 e. The third kappa shape index (κ3) is 5.41. The van der Waals surface area contributed by atoms with Gasteiger partial charge in [-0.05, 0) is 44.0 Å². The van der Waals surface area contributed by atoms with Crippen molar-refractivity contribution in [3.05, 3.63) is 58.9 Å². The van der Waals surface area contributed by atoms with Gasteiger partial charge in [0.2, 0.25) is 0 Å². The smallest absolute Gasteiger partial charge is 0.274 e. The van der Waals surface area contributed by atoms with E-state index in [1.165, 1.54) is 0 Å². The number of aryl methyl sites for hydroxylation is 2. The minimum Gasteiger partial charge on any atom is -0.351 e. The average Bonchev–Trinajstić information content (AvgIpc) is 2.61. The Hall–Kier alpha value is -2.69. The van der Waals surface area contributed by atoms with Crippen molar-refractivity contribution < 1.29 is 9.59 Å². The molecule has 0 unspecified atom stereocenters. The van der Waals surface area contributed by atoms with E-state index >= 15 is 0 Å². The molecule has 5 heteroatoms. The molecule has 0 aliphatic heterocycles. The minimum absolute atomic E-state index is 0.223. The number of hydrogen-bond donors (Lipinski definition) is 2. The summed E-state index contributed by atoms with van der Waals surface area (Å²) in [5.41, 5.74) is 3.34. The molecule has 1 aromatic heterocycles. The number of unbranched alkanes of at least 4 members (excludes halogenated alkanes) is 2. The van der Waals surface area contributed by atoms with Gasteiger partial charge in [-0.15, -0.1) is 0 Å². The molecule has 0 atom stereocenters. The normalized spacial score (nSPS) is 10.4. The maximum atomic E-state index is 12.4. The first-order valence-corrected chi connectivity index (χ1v) is 8.65. The molecule has 2 aromatic rings. The fraction of sp³-hybridized carbons (Fsp3) is 0.350. The largest absolute Gasteiger partial charge is 0.351 e. The lowest BCUT2D eigenvalue weighted by molar-refractivity contribution is 0.0948. The van der Waals surface area contributed by atoms with Crippen molar-refractivity contribution in [3.63, 3.8) is 0 Å². The van der Waals surface area contributed by atoms with Crippen molar-refractivity contribution in [2.24, 2.45) is 0 Å². The molecule has 0 radical (unpaired) electrons. The lowest BCUT2D eigenvalue weighted by Crippen LogP contribution is -2.26. The quantitative estimate of drug-likeness (QED) is 0.752. The molecule has 0 aliphatic rings. The molecule has 2 N–H and O–H groups in total. The zero-order valence-electron chi connectivity index (χ0n) is 15.1. The number of hydrogen-bond acceptors (Lipinski definition) is 3. The van der Waals surface area contributed by atoms with E-state index in [0.717, 1.165) is 36.1 Å². The molecule has 0 saturated heterocycles. The van der Waals surface area contributed by atoms with E-state index in [9.17, 15) is 9.59 Å². The van der Waals surface area contributed by atoms with E-state index in [4.69, 9.17) is 0 Å². The lowest BCUT2D eigenvalue weighted by atomic mass is 10.1. The van der Waals surface area contributed by atoms with Crippen molar-refractivity contribution in [2.45, 2.75) is 40.0 Å². The van der Waals surface area contributed by atoms with Gasteiger partial charge in [-0.1, -0.05) is 43.5 Å². The number of anilines is 1. The van der Waals surface area contributed by atoms with Crippen LogP contribution >= 0.6 is 0 Å². The number of rotatable bonds is 7. The first-order chi connectivity index (χ1) is 12.0. The summed E-state index contributed by atoms with van der Waals surface area (Å²) >= 11 is 0. The van der Waals surface area contributed by atoms with Crippen molar-refractivity contribution in [1.29, 1.82) is 0 Å². The van der Waals surface area contributed by atoms with Gasteiger partial charge in [0.25, 0.3) is 11.8 Å². The molecule has 1 heterocycles. The summed E-state index contributed by atoms with van der Waals surface area (Å²) in [7, 11) is 0. The Kier molecular flexibility index (Phi) is 6.69. The molecule has 0 fully saturated rings. The Balaban J connectivity index is 2.04. The summed E-state index contributed by atoms with van der Waals surface area (Å²) in [6, 6.07) is 10.7. The van der Waals surface area contributed by atoms with Crippen molar-refractivity contribution in [2.75, 3.05) is 11.9 Å². The van der Waals surface area contributed by atoms with Crippen molar-refractivity contribution in [3.8, 4) is 0 Å². The first-order valence-electron chi connectivity index (χ1n) is 8.65. The lowest BCUT2D eigenvalue weighted by Gasteiger charge is -2.09. The Morgan fingerprint density at radius 1 is 1.00 bits per heavy atom. The molecular formula is C20H25N3O2. The topological polar surface area (TPSA) is 71.1 Å². The average molecular weight is 339 g/mol. The highest BCUT2D eigenvalue weighted by molar-refractivity contribution is 6.04. The van der Waals surface area contributed by atoms with Crippen LogP contribution in [-0.2, 0) is 0 Å². The van der Waals surface area contributed by atoms with Gasteiger partial charge in [0.1, 0.15) is 11.4 Å². The summed E-state index contributed by atoms with van der Waals surface area (Å²) < 4.78 is 0. The Labute approximate surface area is 148 Å². The molecule has 0 saturated carbocycles. The van der Waals surface area contributed by atoms with Gasteiger partial charge in [0.15, 0.2) is 0 Å². The molecule has 1 aromatic carbocycles. The SMILES string of the molecule is CCCCCNC(=O)c1cccc(C(=O)Nc2ccc(C)cc2C)n1. The highest BCUT2D eigenvalue weighted by Gasteiger charge is 2.13. The van der Waals surface area contributed by atoms with Crippen molar-refractivity contribution in [1.82, 2.24) is 10.3 Å². The number of carbonyl (C=O) groups is 2. The van der Waals surface area contributed by atoms with E-state index in [1.807, 2.05) is 32.0 Å². The highest BCUT2D eigenvalue weighted by atomic mass is 16.2. The van der Waals surface area contributed by atoms with E-state index in [2.05, 4.69) is 22.5 Å². The number of amides is 2. The van der Waals surface area contributed by atoms with Gasteiger partial charge in [-0.25, -0.2) is 4.98 Å². The summed E-state index contributed by atoms with van der Waals surface area (Å²) in [5, 5.41) is 5.68.